The average molecular weight is 493 g/mol. The van der Waals surface area contributed by atoms with Crippen molar-refractivity contribution in [2.45, 2.75) is 17.7 Å². The van der Waals surface area contributed by atoms with Crippen LogP contribution in [0.1, 0.15) is 21.5 Å². The molecule has 1 heterocycles. The summed E-state index contributed by atoms with van der Waals surface area (Å²) in [6.45, 7) is 0.416. The van der Waals surface area contributed by atoms with Gasteiger partial charge < -0.3 is 19.7 Å². The SMILES string of the molecule is COC(CNC(=O)c1ccc2c(c1)N(Cc1ccc(F)cc1)C(=O)C(=Cc1ccccc1)S2)OC. The third-order valence-electron chi connectivity index (χ3n) is 5.49. The molecule has 0 radical (unpaired) electrons. The molecule has 35 heavy (non-hydrogen) atoms. The second kappa shape index (κ2) is 11.3. The lowest BCUT2D eigenvalue weighted by Gasteiger charge is -2.31. The summed E-state index contributed by atoms with van der Waals surface area (Å²) in [5.74, 6) is -0.840. The predicted octanol–water partition coefficient (Wildman–Crippen LogP) is 4.85. The Morgan fingerprint density at radius 1 is 1.06 bits per heavy atom. The van der Waals surface area contributed by atoms with E-state index in [1.165, 1.54) is 38.1 Å². The third-order valence-corrected chi connectivity index (χ3v) is 6.57. The first kappa shape index (κ1) is 24.7. The molecule has 6 nitrogen and oxygen atoms in total. The van der Waals surface area contributed by atoms with Gasteiger partial charge in [-0.25, -0.2) is 4.39 Å². The van der Waals surface area contributed by atoms with Crippen molar-refractivity contribution in [3.63, 3.8) is 0 Å². The maximum Gasteiger partial charge on any atom is 0.265 e. The Kier molecular flexibility index (Phi) is 7.97. The molecular weight excluding hydrogens is 467 g/mol. The third kappa shape index (κ3) is 5.97. The van der Waals surface area contributed by atoms with E-state index in [-0.39, 0.29) is 30.7 Å². The molecular formula is C27H25FN2O4S. The van der Waals surface area contributed by atoms with E-state index >= 15 is 0 Å². The second-order valence-electron chi connectivity index (χ2n) is 7.83. The van der Waals surface area contributed by atoms with Gasteiger partial charge in [0, 0.05) is 24.7 Å². The minimum atomic E-state index is -0.561. The van der Waals surface area contributed by atoms with Crippen LogP contribution in [-0.4, -0.2) is 38.9 Å². The molecule has 0 aromatic heterocycles. The molecule has 1 aliphatic rings. The molecule has 0 unspecified atom stereocenters. The van der Waals surface area contributed by atoms with E-state index in [0.717, 1.165) is 16.0 Å². The maximum absolute atomic E-state index is 13.6. The van der Waals surface area contributed by atoms with Crippen molar-refractivity contribution >= 4 is 35.3 Å². The molecule has 0 bridgehead atoms. The fourth-order valence-corrected chi connectivity index (χ4v) is 4.66. The van der Waals surface area contributed by atoms with Gasteiger partial charge in [-0.1, -0.05) is 54.2 Å². The van der Waals surface area contributed by atoms with Crippen LogP contribution in [0.2, 0.25) is 0 Å². The van der Waals surface area contributed by atoms with Gasteiger partial charge in [0.05, 0.1) is 23.7 Å². The zero-order chi connectivity index (χ0) is 24.8. The number of carbonyl (C=O) groups is 2. The van der Waals surface area contributed by atoms with Crippen LogP contribution < -0.4 is 10.2 Å². The van der Waals surface area contributed by atoms with Crippen molar-refractivity contribution in [2.24, 2.45) is 0 Å². The molecule has 0 aliphatic carbocycles. The minimum absolute atomic E-state index is 0.180. The highest BCUT2D eigenvalue weighted by molar-refractivity contribution is 8.04. The molecule has 3 aromatic carbocycles. The Balaban J connectivity index is 1.67. The largest absolute Gasteiger partial charge is 0.354 e. The standard InChI is InChI=1S/C27H25FN2O4S/c1-33-25(34-2)16-29-26(31)20-10-13-23-22(15-20)30(17-19-8-11-21(28)12-9-19)27(32)24(35-23)14-18-6-4-3-5-7-18/h3-15,25H,16-17H2,1-2H3,(H,29,31). The molecule has 4 rings (SSSR count). The van der Waals surface area contributed by atoms with E-state index in [4.69, 9.17) is 9.47 Å². The fourth-order valence-electron chi connectivity index (χ4n) is 3.62. The number of carbonyl (C=O) groups excluding carboxylic acids is 2. The fraction of sp³-hybridized carbons (Fsp3) is 0.185. The molecule has 2 amide bonds. The number of methoxy groups -OCH3 is 2. The number of hydrogen-bond acceptors (Lipinski definition) is 5. The number of thioether (sulfide) groups is 1. The molecule has 3 aromatic rings. The monoisotopic (exact) mass is 492 g/mol. The van der Waals surface area contributed by atoms with E-state index in [0.29, 0.717) is 16.2 Å². The smallest absolute Gasteiger partial charge is 0.265 e. The van der Waals surface area contributed by atoms with Gasteiger partial charge in [0.1, 0.15) is 5.82 Å². The van der Waals surface area contributed by atoms with Gasteiger partial charge in [-0.05, 0) is 47.5 Å². The quantitative estimate of drug-likeness (QED) is 0.360. The number of benzene rings is 3. The van der Waals surface area contributed by atoms with Crippen LogP contribution >= 0.6 is 11.8 Å². The summed E-state index contributed by atoms with van der Waals surface area (Å²) in [5, 5.41) is 2.78. The average Bonchev–Trinajstić information content (AvgIpc) is 2.88. The second-order valence-corrected chi connectivity index (χ2v) is 8.92. The van der Waals surface area contributed by atoms with E-state index in [9.17, 15) is 14.0 Å². The first-order valence-electron chi connectivity index (χ1n) is 11.0. The van der Waals surface area contributed by atoms with Crippen LogP contribution in [-0.2, 0) is 20.8 Å². The van der Waals surface area contributed by atoms with Gasteiger partial charge in [0.25, 0.3) is 11.8 Å². The first-order chi connectivity index (χ1) is 17.0. The molecule has 0 saturated carbocycles. The molecule has 0 fully saturated rings. The van der Waals surface area contributed by atoms with Crippen LogP contribution in [0.5, 0.6) is 0 Å². The lowest BCUT2D eigenvalue weighted by Crippen LogP contribution is -2.35. The number of anilines is 1. The summed E-state index contributed by atoms with van der Waals surface area (Å²) in [6.07, 6.45) is 1.29. The van der Waals surface area contributed by atoms with Crippen LogP contribution in [0.4, 0.5) is 10.1 Å². The molecule has 1 aliphatic heterocycles. The van der Waals surface area contributed by atoms with Crippen molar-refractivity contribution in [1.29, 1.82) is 0 Å². The van der Waals surface area contributed by atoms with Gasteiger partial charge in [-0.2, -0.15) is 0 Å². The highest BCUT2D eigenvalue weighted by atomic mass is 32.2. The number of fused-ring (bicyclic) bond motifs is 1. The van der Waals surface area contributed by atoms with Crippen molar-refractivity contribution in [1.82, 2.24) is 5.32 Å². The predicted molar refractivity (Wildman–Crippen MR) is 134 cm³/mol. The summed E-state index contributed by atoms with van der Waals surface area (Å²) in [6, 6.07) is 20.9. The summed E-state index contributed by atoms with van der Waals surface area (Å²) in [5.41, 5.74) is 2.71. The Labute approximate surface area is 207 Å². The van der Waals surface area contributed by atoms with Gasteiger partial charge in [0.2, 0.25) is 0 Å². The number of amides is 2. The highest BCUT2D eigenvalue weighted by Crippen LogP contribution is 2.43. The van der Waals surface area contributed by atoms with E-state index < -0.39 is 6.29 Å². The molecule has 180 valence electrons. The lowest BCUT2D eigenvalue weighted by atomic mass is 10.1. The molecule has 0 saturated heterocycles. The Hall–Kier alpha value is -3.46. The molecule has 8 heteroatoms. The normalized spacial score (nSPS) is 14.3. The summed E-state index contributed by atoms with van der Waals surface area (Å²) < 4.78 is 23.7. The summed E-state index contributed by atoms with van der Waals surface area (Å²) in [7, 11) is 2.99. The molecule has 1 N–H and O–H groups in total. The van der Waals surface area contributed by atoms with Crippen molar-refractivity contribution < 1.29 is 23.5 Å². The van der Waals surface area contributed by atoms with E-state index in [1.807, 2.05) is 42.5 Å². The van der Waals surface area contributed by atoms with Crippen molar-refractivity contribution in [3.8, 4) is 0 Å². The Morgan fingerprint density at radius 2 is 1.77 bits per heavy atom. The van der Waals surface area contributed by atoms with E-state index in [1.54, 1.807) is 29.2 Å². The lowest BCUT2D eigenvalue weighted by molar-refractivity contribution is -0.114. The van der Waals surface area contributed by atoms with E-state index in [2.05, 4.69) is 5.32 Å². The van der Waals surface area contributed by atoms with Crippen molar-refractivity contribution in [3.05, 3.63) is 100 Å². The number of rotatable bonds is 8. The van der Waals surface area contributed by atoms with Gasteiger partial charge >= 0.3 is 0 Å². The number of ether oxygens (including phenoxy) is 2. The number of halogens is 1. The highest BCUT2D eigenvalue weighted by Gasteiger charge is 2.30. The molecule has 0 atom stereocenters. The minimum Gasteiger partial charge on any atom is -0.354 e. The summed E-state index contributed by atoms with van der Waals surface area (Å²) >= 11 is 1.36. The Bertz CT molecular complexity index is 1230. The van der Waals surface area contributed by atoms with Gasteiger partial charge in [-0.15, -0.1) is 0 Å². The van der Waals surface area contributed by atoms with Crippen LogP contribution in [0.3, 0.4) is 0 Å². The Morgan fingerprint density at radius 3 is 2.46 bits per heavy atom. The summed E-state index contributed by atoms with van der Waals surface area (Å²) in [4.78, 5) is 29.4. The van der Waals surface area contributed by atoms with Crippen LogP contribution in [0.15, 0.2) is 82.6 Å². The molecule has 0 spiro atoms. The zero-order valence-electron chi connectivity index (χ0n) is 19.4. The van der Waals surface area contributed by atoms with Gasteiger partial charge in [0.15, 0.2) is 6.29 Å². The van der Waals surface area contributed by atoms with Crippen LogP contribution in [0.25, 0.3) is 6.08 Å². The van der Waals surface area contributed by atoms with Crippen molar-refractivity contribution in [2.75, 3.05) is 25.7 Å². The topological polar surface area (TPSA) is 67.9 Å². The number of hydrogen-bond donors (Lipinski definition) is 1. The zero-order valence-corrected chi connectivity index (χ0v) is 20.2. The first-order valence-corrected chi connectivity index (χ1v) is 11.8. The van der Waals surface area contributed by atoms with Crippen LogP contribution in [0, 0.1) is 5.82 Å². The maximum atomic E-state index is 13.6. The number of nitrogens with zero attached hydrogens (tertiary/aromatic N) is 1. The number of nitrogens with one attached hydrogen (secondary N) is 1. The van der Waals surface area contributed by atoms with Gasteiger partial charge in [-0.3, -0.25) is 9.59 Å².